The Kier molecular flexibility index (Phi) is 4.96. The first-order chi connectivity index (χ1) is 7.50. The van der Waals surface area contributed by atoms with Crippen LogP contribution in [0.15, 0.2) is 28.7 Å². The molecule has 0 aromatic heterocycles. The van der Waals surface area contributed by atoms with E-state index in [9.17, 15) is 4.79 Å². The molecule has 0 radical (unpaired) electrons. The number of hydrogen-bond acceptors (Lipinski definition) is 2. The van der Waals surface area contributed by atoms with Crippen molar-refractivity contribution in [1.82, 2.24) is 10.2 Å². The normalized spacial score (nSPS) is 12.6. The highest BCUT2D eigenvalue weighted by Gasteiger charge is 2.08. The molecule has 0 bridgehead atoms. The molecule has 1 atom stereocenters. The van der Waals surface area contributed by atoms with Gasteiger partial charge in [0.05, 0.1) is 0 Å². The molecule has 0 fully saturated rings. The second-order valence-corrected chi connectivity index (χ2v) is 4.95. The fraction of sp³-hybridized carbons (Fsp3) is 0.417. The van der Waals surface area contributed by atoms with E-state index in [1.165, 1.54) is 0 Å². The zero-order valence-electron chi connectivity index (χ0n) is 9.83. The molecule has 1 rings (SSSR count). The molecule has 16 heavy (non-hydrogen) atoms. The van der Waals surface area contributed by atoms with Crippen LogP contribution in [0.25, 0.3) is 0 Å². The molecule has 0 aliphatic carbocycles. The summed E-state index contributed by atoms with van der Waals surface area (Å²) in [6.45, 7) is 2.72. The number of nitrogens with one attached hydrogen (secondary N) is 1. The standard InChI is InChI=1S/C12H17BrN2O/c1-9(15(2)3)8-14-12(16)10-5-4-6-11(13)7-10/h4-7,9H,8H2,1-3H3,(H,14,16). The lowest BCUT2D eigenvalue weighted by molar-refractivity contribution is 0.0943. The third-order valence-corrected chi connectivity index (χ3v) is 3.02. The highest BCUT2D eigenvalue weighted by atomic mass is 79.9. The molecule has 1 aromatic carbocycles. The Bertz CT molecular complexity index is 366. The van der Waals surface area contributed by atoms with E-state index in [0.29, 0.717) is 18.2 Å². The van der Waals surface area contributed by atoms with Crippen LogP contribution >= 0.6 is 15.9 Å². The minimum absolute atomic E-state index is 0.0324. The van der Waals surface area contributed by atoms with Crippen molar-refractivity contribution in [3.8, 4) is 0 Å². The Morgan fingerprint density at radius 1 is 1.50 bits per heavy atom. The predicted molar refractivity (Wildman–Crippen MR) is 69.6 cm³/mol. The van der Waals surface area contributed by atoms with Crippen molar-refractivity contribution in [2.45, 2.75) is 13.0 Å². The fourth-order valence-corrected chi connectivity index (χ4v) is 1.55. The molecule has 0 saturated heterocycles. The van der Waals surface area contributed by atoms with Crippen molar-refractivity contribution in [3.63, 3.8) is 0 Å². The van der Waals surface area contributed by atoms with Crippen LogP contribution in [0.5, 0.6) is 0 Å². The molecular formula is C12H17BrN2O. The Morgan fingerprint density at radius 2 is 2.19 bits per heavy atom. The summed E-state index contributed by atoms with van der Waals surface area (Å²) in [7, 11) is 3.99. The molecule has 1 unspecified atom stereocenters. The fourth-order valence-electron chi connectivity index (χ4n) is 1.15. The van der Waals surface area contributed by atoms with E-state index < -0.39 is 0 Å². The first kappa shape index (κ1) is 13.2. The maximum absolute atomic E-state index is 11.8. The van der Waals surface area contributed by atoms with Crippen LogP contribution in [0.3, 0.4) is 0 Å². The van der Waals surface area contributed by atoms with Gasteiger partial charge in [-0.25, -0.2) is 0 Å². The monoisotopic (exact) mass is 284 g/mol. The number of amides is 1. The van der Waals surface area contributed by atoms with E-state index in [4.69, 9.17) is 0 Å². The zero-order valence-corrected chi connectivity index (χ0v) is 11.4. The first-order valence-electron chi connectivity index (χ1n) is 5.21. The van der Waals surface area contributed by atoms with E-state index in [0.717, 1.165) is 4.47 Å². The lowest BCUT2D eigenvalue weighted by Crippen LogP contribution is -2.38. The second kappa shape index (κ2) is 6.01. The number of halogens is 1. The van der Waals surface area contributed by atoms with Crippen molar-refractivity contribution in [1.29, 1.82) is 0 Å². The number of carbonyl (C=O) groups is 1. The largest absolute Gasteiger partial charge is 0.350 e. The summed E-state index contributed by atoms with van der Waals surface area (Å²) in [4.78, 5) is 13.8. The molecule has 0 saturated carbocycles. The van der Waals surface area contributed by atoms with Crippen LogP contribution in [-0.4, -0.2) is 37.5 Å². The Balaban J connectivity index is 2.53. The van der Waals surface area contributed by atoms with Crippen molar-refractivity contribution in [2.75, 3.05) is 20.6 Å². The molecule has 1 aromatic rings. The third kappa shape index (κ3) is 3.94. The van der Waals surface area contributed by atoms with Gasteiger partial charge in [-0.15, -0.1) is 0 Å². The number of nitrogens with zero attached hydrogens (tertiary/aromatic N) is 1. The molecule has 1 N–H and O–H groups in total. The number of hydrogen-bond donors (Lipinski definition) is 1. The average Bonchev–Trinajstić information content (AvgIpc) is 2.25. The van der Waals surface area contributed by atoms with Gasteiger partial charge in [0, 0.05) is 22.6 Å². The summed E-state index contributed by atoms with van der Waals surface area (Å²) >= 11 is 3.35. The van der Waals surface area contributed by atoms with Gasteiger partial charge in [0.25, 0.3) is 5.91 Å². The maximum Gasteiger partial charge on any atom is 0.251 e. The Labute approximate surface area is 105 Å². The van der Waals surface area contributed by atoms with Crippen LogP contribution in [0.4, 0.5) is 0 Å². The summed E-state index contributed by atoms with van der Waals surface area (Å²) < 4.78 is 0.917. The lowest BCUT2D eigenvalue weighted by atomic mass is 10.2. The van der Waals surface area contributed by atoms with Gasteiger partial charge in [0.15, 0.2) is 0 Å². The topological polar surface area (TPSA) is 32.3 Å². The van der Waals surface area contributed by atoms with E-state index in [2.05, 4.69) is 33.1 Å². The molecule has 0 heterocycles. The van der Waals surface area contributed by atoms with Gasteiger partial charge in [0.2, 0.25) is 0 Å². The second-order valence-electron chi connectivity index (χ2n) is 4.03. The van der Waals surface area contributed by atoms with E-state index in [1.807, 2.05) is 32.3 Å². The Hall–Kier alpha value is -0.870. The summed E-state index contributed by atoms with van der Waals surface area (Å²) in [5.41, 5.74) is 0.681. The summed E-state index contributed by atoms with van der Waals surface area (Å²) in [6, 6.07) is 7.71. The highest BCUT2D eigenvalue weighted by Crippen LogP contribution is 2.11. The van der Waals surface area contributed by atoms with E-state index >= 15 is 0 Å². The zero-order chi connectivity index (χ0) is 12.1. The van der Waals surface area contributed by atoms with Crippen LogP contribution in [0, 0.1) is 0 Å². The quantitative estimate of drug-likeness (QED) is 0.919. The number of benzene rings is 1. The molecule has 3 nitrogen and oxygen atoms in total. The highest BCUT2D eigenvalue weighted by molar-refractivity contribution is 9.10. The number of rotatable bonds is 4. The van der Waals surface area contributed by atoms with Crippen molar-refractivity contribution in [2.24, 2.45) is 0 Å². The van der Waals surface area contributed by atoms with E-state index in [1.54, 1.807) is 6.07 Å². The average molecular weight is 285 g/mol. The minimum Gasteiger partial charge on any atom is -0.350 e. The van der Waals surface area contributed by atoms with E-state index in [-0.39, 0.29) is 5.91 Å². The third-order valence-electron chi connectivity index (χ3n) is 2.53. The van der Waals surface area contributed by atoms with Gasteiger partial charge < -0.3 is 10.2 Å². The number of carbonyl (C=O) groups excluding carboxylic acids is 1. The minimum atomic E-state index is -0.0324. The van der Waals surface area contributed by atoms with Gasteiger partial charge in [-0.3, -0.25) is 4.79 Å². The van der Waals surface area contributed by atoms with Gasteiger partial charge in [0.1, 0.15) is 0 Å². The van der Waals surface area contributed by atoms with Gasteiger partial charge in [-0.2, -0.15) is 0 Å². The van der Waals surface area contributed by atoms with Crippen molar-refractivity contribution in [3.05, 3.63) is 34.3 Å². The number of likely N-dealkylation sites (N-methyl/N-ethyl adjacent to an activating group) is 1. The maximum atomic E-state index is 11.8. The van der Waals surface area contributed by atoms with Crippen molar-refractivity contribution >= 4 is 21.8 Å². The van der Waals surface area contributed by atoms with Crippen LogP contribution < -0.4 is 5.32 Å². The molecule has 0 aliphatic rings. The summed E-state index contributed by atoms with van der Waals surface area (Å²) in [5.74, 6) is -0.0324. The molecule has 0 aliphatic heterocycles. The predicted octanol–water partition coefficient (Wildman–Crippen LogP) is 2.13. The van der Waals surface area contributed by atoms with Gasteiger partial charge in [-0.05, 0) is 39.2 Å². The van der Waals surface area contributed by atoms with Crippen LogP contribution in [-0.2, 0) is 0 Å². The van der Waals surface area contributed by atoms with Gasteiger partial charge >= 0.3 is 0 Å². The van der Waals surface area contributed by atoms with Crippen LogP contribution in [0.2, 0.25) is 0 Å². The molecule has 1 amide bonds. The SMILES string of the molecule is CC(CNC(=O)c1cccc(Br)c1)N(C)C. The smallest absolute Gasteiger partial charge is 0.251 e. The van der Waals surface area contributed by atoms with Gasteiger partial charge in [-0.1, -0.05) is 22.0 Å². The molecule has 88 valence electrons. The summed E-state index contributed by atoms with van der Waals surface area (Å²) in [6.07, 6.45) is 0. The van der Waals surface area contributed by atoms with Crippen LogP contribution in [0.1, 0.15) is 17.3 Å². The molecular weight excluding hydrogens is 268 g/mol. The lowest BCUT2D eigenvalue weighted by Gasteiger charge is -2.19. The summed E-state index contributed by atoms with van der Waals surface area (Å²) in [5, 5.41) is 2.91. The molecule has 4 heteroatoms. The Morgan fingerprint density at radius 3 is 2.75 bits per heavy atom. The first-order valence-corrected chi connectivity index (χ1v) is 6.00. The molecule has 0 spiro atoms. The van der Waals surface area contributed by atoms with Crippen molar-refractivity contribution < 1.29 is 4.79 Å².